The fraction of sp³-hybridized carbons (Fsp3) is 0.0556. The van der Waals surface area contributed by atoms with Crippen molar-refractivity contribution in [3.05, 3.63) is 71.8 Å². The van der Waals surface area contributed by atoms with E-state index in [9.17, 15) is 23.1 Å². The smallest absolute Gasteiger partial charge is 0.416 e. The van der Waals surface area contributed by atoms with E-state index in [4.69, 9.17) is 4.74 Å². The molecule has 3 rings (SSSR count). The number of hydrogen-bond donors (Lipinski definition) is 1. The van der Waals surface area contributed by atoms with Gasteiger partial charge in [-0.25, -0.2) is 4.79 Å². The lowest BCUT2D eigenvalue weighted by atomic mass is 10.0. The van der Waals surface area contributed by atoms with Crippen LogP contribution in [0.15, 0.2) is 60.7 Å². The van der Waals surface area contributed by atoms with Crippen LogP contribution in [0.5, 0.6) is 11.5 Å². The second-order valence-electron chi connectivity index (χ2n) is 5.09. The molecule has 0 aliphatic carbocycles. The molecule has 0 unspecified atom stereocenters. The summed E-state index contributed by atoms with van der Waals surface area (Å²) >= 11 is 0. The number of halogens is 3. The molecule has 0 saturated heterocycles. The van der Waals surface area contributed by atoms with E-state index < -0.39 is 17.7 Å². The van der Waals surface area contributed by atoms with E-state index in [0.717, 1.165) is 12.1 Å². The molecule has 0 amide bonds. The van der Waals surface area contributed by atoms with Gasteiger partial charge < -0.3 is 9.84 Å². The molecule has 0 aromatic heterocycles. The number of carbonyl (C=O) groups is 1. The van der Waals surface area contributed by atoms with Crippen molar-refractivity contribution >= 4 is 16.7 Å². The first-order valence-electron chi connectivity index (χ1n) is 6.96. The fourth-order valence-electron chi connectivity index (χ4n) is 2.39. The number of fused-ring (bicyclic) bond motifs is 1. The summed E-state index contributed by atoms with van der Waals surface area (Å²) in [5.74, 6) is -0.459. The van der Waals surface area contributed by atoms with Crippen LogP contribution in [0.4, 0.5) is 13.2 Å². The zero-order valence-electron chi connectivity index (χ0n) is 12.2. The number of benzene rings is 3. The van der Waals surface area contributed by atoms with Crippen LogP contribution in [0.3, 0.4) is 0 Å². The van der Waals surface area contributed by atoms with E-state index in [1.54, 1.807) is 24.3 Å². The van der Waals surface area contributed by atoms with Gasteiger partial charge in [0.05, 0.1) is 11.1 Å². The summed E-state index contributed by atoms with van der Waals surface area (Å²) in [6.07, 6.45) is -4.41. The van der Waals surface area contributed by atoms with Crippen LogP contribution in [0.1, 0.15) is 15.9 Å². The third kappa shape index (κ3) is 3.03. The first-order valence-corrected chi connectivity index (χ1v) is 6.96. The number of aromatic carboxylic acids is 1. The highest BCUT2D eigenvalue weighted by molar-refractivity contribution is 6.05. The minimum Gasteiger partial charge on any atom is -0.478 e. The molecule has 3 aromatic carbocycles. The van der Waals surface area contributed by atoms with Crippen molar-refractivity contribution in [2.24, 2.45) is 0 Å². The minimum absolute atomic E-state index is 0.130. The standard InChI is InChI=1S/C18H11F3O3/c19-18(20,21)11-5-7-12(8-6-11)24-16-10-9-15(17(22)23)13-3-1-2-4-14(13)16/h1-10H,(H,22,23). The van der Waals surface area contributed by atoms with E-state index in [-0.39, 0.29) is 11.3 Å². The number of carboxylic acid groups (broad SMARTS) is 1. The Hall–Kier alpha value is -3.02. The maximum Gasteiger partial charge on any atom is 0.416 e. The van der Waals surface area contributed by atoms with Gasteiger partial charge in [-0.15, -0.1) is 0 Å². The predicted octanol–water partition coefficient (Wildman–Crippen LogP) is 5.35. The lowest BCUT2D eigenvalue weighted by Crippen LogP contribution is -2.04. The van der Waals surface area contributed by atoms with Crippen molar-refractivity contribution < 1.29 is 27.8 Å². The number of carboxylic acids is 1. The Morgan fingerprint density at radius 2 is 1.50 bits per heavy atom. The van der Waals surface area contributed by atoms with E-state index in [0.29, 0.717) is 16.5 Å². The van der Waals surface area contributed by atoms with Crippen LogP contribution in [0, 0.1) is 0 Å². The van der Waals surface area contributed by atoms with E-state index >= 15 is 0 Å². The summed E-state index contributed by atoms with van der Waals surface area (Å²) in [6, 6.07) is 14.0. The van der Waals surface area contributed by atoms with Gasteiger partial charge in [0.1, 0.15) is 11.5 Å². The topological polar surface area (TPSA) is 46.5 Å². The molecule has 0 aliphatic rings. The van der Waals surface area contributed by atoms with Gasteiger partial charge in [0.25, 0.3) is 0 Å². The summed E-state index contributed by atoms with van der Waals surface area (Å²) in [5, 5.41) is 10.3. The Balaban J connectivity index is 1.99. The Bertz CT molecular complexity index is 900. The van der Waals surface area contributed by atoms with Crippen LogP contribution < -0.4 is 4.74 Å². The number of rotatable bonds is 3. The van der Waals surface area contributed by atoms with Gasteiger partial charge in [0.2, 0.25) is 0 Å². The SMILES string of the molecule is O=C(O)c1ccc(Oc2ccc(C(F)(F)F)cc2)c2ccccc12. The Kier molecular flexibility index (Phi) is 3.89. The van der Waals surface area contributed by atoms with Gasteiger partial charge in [-0.3, -0.25) is 0 Å². The third-order valence-electron chi connectivity index (χ3n) is 3.52. The van der Waals surface area contributed by atoms with Gasteiger partial charge in [-0.05, 0) is 41.8 Å². The molecule has 0 atom stereocenters. The van der Waals surface area contributed by atoms with E-state index in [1.807, 2.05) is 0 Å². The van der Waals surface area contributed by atoms with Crippen LogP contribution in [0.25, 0.3) is 10.8 Å². The summed E-state index contributed by atoms with van der Waals surface area (Å²) in [6.45, 7) is 0. The molecular formula is C18H11F3O3. The first-order chi connectivity index (χ1) is 11.4. The Morgan fingerprint density at radius 3 is 2.08 bits per heavy atom. The van der Waals surface area contributed by atoms with Gasteiger partial charge in [0, 0.05) is 5.39 Å². The number of hydrogen-bond acceptors (Lipinski definition) is 2. The summed E-state index contributed by atoms with van der Waals surface area (Å²) in [5.41, 5.74) is -0.633. The van der Waals surface area contributed by atoms with Crippen LogP contribution >= 0.6 is 0 Å². The highest BCUT2D eigenvalue weighted by atomic mass is 19.4. The van der Waals surface area contributed by atoms with Crippen molar-refractivity contribution in [2.75, 3.05) is 0 Å². The molecule has 0 saturated carbocycles. The molecule has 0 heterocycles. The van der Waals surface area contributed by atoms with Crippen LogP contribution in [-0.2, 0) is 6.18 Å². The lowest BCUT2D eigenvalue weighted by Gasteiger charge is -2.12. The van der Waals surface area contributed by atoms with Crippen molar-refractivity contribution in [3.63, 3.8) is 0 Å². The van der Waals surface area contributed by atoms with Gasteiger partial charge in [-0.1, -0.05) is 24.3 Å². The third-order valence-corrected chi connectivity index (χ3v) is 3.52. The molecule has 3 nitrogen and oxygen atoms in total. The first kappa shape index (κ1) is 15.9. The fourth-order valence-corrected chi connectivity index (χ4v) is 2.39. The molecule has 122 valence electrons. The molecule has 3 aromatic rings. The Morgan fingerprint density at radius 1 is 0.875 bits per heavy atom. The molecule has 6 heteroatoms. The summed E-state index contributed by atoms with van der Waals surface area (Å²) < 4.78 is 43.4. The monoisotopic (exact) mass is 332 g/mol. The van der Waals surface area contributed by atoms with Gasteiger partial charge in [0.15, 0.2) is 0 Å². The number of ether oxygens (including phenoxy) is 1. The molecule has 0 spiro atoms. The van der Waals surface area contributed by atoms with E-state index in [1.165, 1.54) is 24.3 Å². The average molecular weight is 332 g/mol. The highest BCUT2D eigenvalue weighted by Crippen LogP contribution is 2.34. The molecule has 0 fully saturated rings. The maximum atomic E-state index is 12.6. The van der Waals surface area contributed by atoms with Crippen molar-refractivity contribution in [2.45, 2.75) is 6.18 Å². The second kappa shape index (κ2) is 5.88. The van der Waals surface area contributed by atoms with Crippen LogP contribution in [0.2, 0.25) is 0 Å². The quantitative estimate of drug-likeness (QED) is 0.703. The Labute approximate surface area is 134 Å². The van der Waals surface area contributed by atoms with E-state index in [2.05, 4.69) is 0 Å². The van der Waals surface area contributed by atoms with Gasteiger partial charge in [-0.2, -0.15) is 13.2 Å². The second-order valence-corrected chi connectivity index (χ2v) is 5.09. The van der Waals surface area contributed by atoms with Crippen molar-refractivity contribution in [1.29, 1.82) is 0 Å². The summed E-state index contributed by atoms with van der Waals surface area (Å²) in [4.78, 5) is 11.3. The minimum atomic E-state index is -4.41. The largest absolute Gasteiger partial charge is 0.478 e. The molecule has 0 aliphatic heterocycles. The molecule has 0 radical (unpaired) electrons. The highest BCUT2D eigenvalue weighted by Gasteiger charge is 2.30. The average Bonchev–Trinajstić information content (AvgIpc) is 2.54. The van der Waals surface area contributed by atoms with Gasteiger partial charge >= 0.3 is 12.1 Å². The lowest BCUT2D eigenvalue weighted by molar-refractivity contribution is -0.137. The normalized spacial score (nSPS) is 11.5. The maximum absolute atomic E-state index is 12.6. The summed E-state index contributed by atoms with van der Waals surface area (Å²) in [7, 11) is 0. The predicted molar refractivity (Wildman–Crippen MR) is 82.4 cm³/mol. The zero-order chi connectivity index (χ0) is 17.3. The molecule has 0 bridgehead atoms. The van der Waals surface area contributed by atoms with Crippen LogP contribution in [-0.4, -0.2) is 11.1 Å². The van der Waals surface area contributed by atoms with Crippen molar-refractivity contribution in [1.82, 2.24) is 0 Å². The van der Waals surface area contributed by atoms with Crippen molar-refractivity contribution in [3.8, 4) is 11.5 Å². The number of alkyl halides is 3. The zero-order valence-corrected chi connectivity index (χ0v) is 12.2. The molecule has 24 heavy (non-hydrogen) atoms. The molecule has 1 N–H and O–H groups in total. The molecular weight excluding hydrogens is 321 g/mol.